The van der Waals surface area contributed by atoms with Gasteiger partial charge < -0.3 is 14.4 Å². The van der Waals surface area contributed by atoms with Gasteiger partial charge in [-0.1, -0.05) is 29.8 Å². The van der Waals surface area contributed by atoms with Crippen LogP contribution in [0.2, 0.25) is 5.02 Å². The van der Waals surface area contributed by atoms with Crippen molar-refractivity contribution >= 4 is 29.0 Å². The number of nitrogens with zero attached hydrogens (tertiary/aromatic N) is 1. The molecule has 0 radical (unpaired) electrons. The fourth-order valence-corrected chi connectivity index (χ4v) is 3.08. The van der Waals surface area contributed by atoms with Crippen molar-refractivity contribution in [3.05, 3.63) is 53.1 Å². The minimum Gasteiger partial charge on any atom is -0.494 e. The van der Waals surface area contributed by atoms with Crippen molar-refractivity contribution < 1.29 is 19.1 Å². The molecule has 0 saturated carbocycles. The Balaban J connectivity index is 1.63. The number of unbranched alkanes of at least 4 members (excludes halogenated alkanes) is 1. The van der Waals surface area contributed by atoms with Crippen molar-refractivity contribution in [1.29, 1.82) is 0 Å². The maximum atomic E-state index is 12.3. The van der Waals surface area contributed by atoms with Gasteiger partial charge in [0.2, 0.25) is 0 Å². The van der Waals surface area contributed by atoms with Crippen molar-refractivity contribution in [3.63, 3.8) is 0 Å². The summed E-state index contributed by atoms with van der Waals surface area (Å²) in [4.78, 5) is 25.7. The third-order valence-corrected chi connectivity index (χ3v) is 4.35. The smallest absolute Gasteiger partial charge is 0.265 e. The van der Waals surface area contributed by atoms with Crippen LogP contribution in [0.5, 0.6) is 11.5 Å². The number of anilines is 1. The zero-order chi connectivity index (χ0) is 18.5. The van der Waals surface area contributed by atoms with Crippen molar-refractivity contribution in [2.75, 3.05) is 24.7 Å². The molecule has 0 N–H and O–H groups in total. The van der Waals surface area contributed by atoms with E-state index in [9.17, 15) is 9.59 Å². The van der Waals surface area contributed by atoms with Gasteiger partial charge >= 0.3 is 0 Å². The Morgan fingerprint density at radius 3 is 2.73 bits per heavy atom. The van der Waals surface area contributed by atoms with Crippen LogP contribution in [0.4, 0.5) is 5.69 Å². The lowest BCUT2D eigenvalue weighted by Gasteiger charge is -2.30. The fraction of sp³-hybridized carbons (Fsp3) is 0.300. The highest BCUT2D eigenvalue weighted by Gasteiger charge is 2.28. The molecule has 0 spiro atoms. The molecule has 1 aliphatic heterocycles. The number of hydrogen-bond acceptors (Lipinski definition) is 4. The van der Waals surface area contributed by atoms with Crippen LogP contribution in [0.25, 0.3) is 0 Å². The van der Waals surface area contributed by atoms with Crippen molar-refractivity contribution in [1.82, 2.24) is 0 Å². The molecule has 26 heavy (non-hydrogen) atoms. The van der Waals surface area contributed by atoms with E-state index in [0.717, 1.165) is 18.6 Å². The van der Waals surface area contributed by atoms with Crippen LogP contribution in [0.15, 0.2) is 42.5 Å². The number of rotatable bonds is 7. The zero-order valence-corrected chi connectivity index (χ0v) is 15.3. The molecule has 0 bridgehead atoms. The van der Waals surface area contributed by atoms with E-state index in [4.69, 9.17) is 21.1 Å². The van der Waals surface area contributed by atoms with E-state index in [2.05, 4.69) is 0 Å². The van der Waals surface area contributed by atoms with Crippen molar-refractivity contribution in [3.8, 4) is 11.5 Å². The average molecular weight is 374 g/mol. The molecule has 3 rings (SSSR count). The van der Waals surface area contributed by atoms with Gasteiger partial charge in [-0.2, -0.15) is 0 Å². The number of carbonyl (C=O) groups is 2. The number of carbonyl (C=O) groups excluding carboxylic acids is 2. The van der Waals surface area contributed by atoms with Gasteiger partial charge in [-0.15, -0.1) is 0 Å². The van der Waals surface area contributed by atoms with Gasteiger partial charge in [-0.3, -0.25) is 9.59 Å². The molecule has 0 saturated heterocycles. The molecule has 5 nitrogen and oxygen atoms in total. The van der Waals surface area contributed by atoms with E-state index in [1.807, 2.05) is 30.3 Å². The summed E-state index contributed by atoms with van der Waals surface area (Å²) >= 11 is 6.12. The van der Waals surface area contributed by atoms with Crippen molar-refractivity contribution in [2.24, 2.45) is 0 Å². The van der Waals surface area contributed by atoms with Gasteiger partial charge in [0, 0.05) is 11.6 Å². The van der Waals surface area contributed by atoms with Crippen LogP contribution in [-0.2, 0) is 4.79 Å². The molecule has 6 heteroatoms. The van der Waals surface area contributed by atoms with Crippen LogP contribution < -0.4 is 14.4 Å². The summed E-state index contributed by atoms with van der Waals surface area (Å²) in [5, 5.41) is 0.407. The van der Waals surface area contributed by atoms with Gasteiger partial charge in [-0.25, -0.2) is 0 Å². The van der Waals surface area contributed by atoms with Gasteiger partial charge in [0.25, 0.3) is 5.91 Å². The number of para-hydroxylation sites is 1. The molecule has 0 fully saturated rings. The molecule has 1 heterocycles. The van der Waals surface area contributed by atoms with E-state index < -0.39 is 0 Å². The van der Waals surface area contributed by atoms with Crippen LogP contribution in [0.3, 0.4) is 0 Å². The first-order valence-electron chi connectivity index (χ1n) is 8.52. The van der Waals surface area contributed by atoms with Gasteiger partial charge in [0.15, 0.2) is 18.1 Å². The highest BCUT2D eigenvalue weighted by Crippen LogP contribution is 2.38. The molecule has 1 amide bonds. The third-order valence-electron chi connectivity index (χ3n) is 4.13. The Morgan fingerprint density at radius 1 is 1.23 bits per heavy atom. The molecule has 0 aromatic heterocycles. The number of amides is 1. The molecule has 136 valence electrons. The Hall–Kier alpha value is -2.53. The second kappa shape index (κ2) is 8.23. The highest BCUT2D eigenvalue weighted by molar-refractivity contribution is 6.31. The molecular formula is C20H20ClNO4. The Labute approximate surface area is 157 Å². The minimum absolute atomic E-state index is 0.0740. The van der Waals surface area contributed by atoms with Crippen LogP contribution >= 0.6 is 11.6 Å². The molecular weight excluding hydrogens is 354 g/mol. The van der Waals surface area contributed by atoms with Gasteiger partial charge in [0.1, 0.15) is 5.75 Å². The van der Waals surface area contributed by atoms with Crippen LogP contribution in [-0.4, -0.2) is 31.4 Å². The Bertz CT molecular complexity index is 807. The van der Waals surface area contributed by atoms with E-state index in [1.54, 1.807) is 17.0 Å². The first kappa shape index (κ1) is 18.3. The lowest BCUT2D eigenvalue weighted by molar-refractivity contribution is -0.121. The number of ether oxygens (including phenoxy) is 2. The van der Waals surface area contributed by atoms with Crippen molar-refractivity contribution in [2.45, 2.75) is 19.8 Å². The quantitative estimate of drug-likeness (QED) is 0.541. The second-order valence-electron chi connectivity index (χ2n) is 6.06. The largest absolute Gasteiger partial charge is 0.494 e. The maximum absolute atomic E-state index is 12.3. The van der Waals surface area contributed by atoms with Gasteiger partial charge in [-0.05, 0) is 44.0 Å². The number of benzene rings is 2. The summed E-state index contributed by atoms with van der Waals surface area (Å²) in [6.45, 7) is 2.47. The number of Topliss-reactive ketones (excluding diaryl/α,β-unsaturated/α-hetero) is 1. The SMILES string of the molecule is CC(=O)c1cc(Cl)cc2c1OCC(=O)N2CCCCOc1ccccc1. The molecule has 0 aliphatic carbocycles. The lowest BCUT2D eigenvalue weighted by atomic mass is 10.1. The lowest BCUT2D eigenvalue weighted by Crippen LogP contribution is -2.40. The van der Waals surface area contributed by atoms with E-state index in [1.165, 1.54) is 6.92 Å². The summed E-state index contributed by atoms with van der Waals surface area (Å²) in [5.74, 6) is 0.979. The first-order chi connectivity index (χ1) is 12.6. The zero-order valence-electron chi connectivity index (χ0n) is 14.5. The fourth-order valence-electron chi connectivity index (χ4n) is 2.86. The highest BCUT2D eigenvalue weighted by atomic mass is 35.5. The monoisotopic (exact) mass is 373 g/mol. The van der Waals surface area contributed by atoms with E-state index >= 15 is 0 Å². The number of fused-ring (bicyclic) bond motifs is 1. The molecule has 1 aliphatic rings. The average Bonchev–Trinajstić information content (AvgIpc) is 2.63. The maximum Gasteiger partial charge on any atom is 0.265 e. The Morgan fingerprint density at radius 2 is 2.00 bits per heavy atom. The summed E-state index contributed by atoms with van der Waals surface area (Å²) in [7, 11) is 0. The molecule has 2 aromatic rings. The summed E-state index contributed by atoms with van der Waals surface area (Å²) in [6.07, 6.45) is 1.56. The van der Waals surface area contributed by atoms with E-state index in [0.29, 0.717) is 35.2 Å². The third kappa shape index (κ3) is 4.17. The van der Waals surface area contributed by atoms with Gasteiger partial charge in [0.05, 0.1) is 17.9 Å². The molecule has 2 aromatic carbocycles. The number of halogens is 1. The predicted molar refractivity (Wildman–Crippen MR) is 100 cm³/mol. The summed E-state index contributed by atoms with van der Waals surface area (Å²) in [6, 6.07) is 12.9. The molecule has 0 unspecified atom stereocenters. The summed E-state index contributed by atoms with van der Waals surface area (Å²) in [5.41, 5.74) is 0.959. The number of ketones is 1. The minimum atomic E-state index is -0.144. The topological polar surface area (TPSA) is 55.8 Å². The summed E-state index contributed by atoms with van der Waals surface area (Å²) < 4.78 is 11.2. The standard InChI is InChI=1S/C20H20ClNO4/c1-14(23)17-11-15(21)12-18-20(17)26-13-19(24)22(18)9-5-6-10-25-16-7-3-2-4-8-16/h2-4,7-8,11-12H,5-6,9-10,13H2,1H3. The Kier molecular flexibility index (Phi) is 5.78. The predicted octanol–water partition coefficient (Wildman–Crippen LogP) is 4.13. The second-order valence-corrected chi connectivity index (χ2v) is 6.50. The first-order valence-corrected chi connectivity index (χ1v) is 8.89. The number of hydrogen-bond donors (Lipinski definition) is 0. The normalized spacial score (nSPS) is 13.2. The molecule has 0 atom stereocenters. The van der Waals surface area contributed by atoms with Crippen LogP contribution in [0, 0.1) is 0 Å². The van der Waals surface area contributed by atoms with E-state index in [-0.39, 0.29) is 18.3 Å². The van der Waals surface area contributed by atoms with Crippen LogP contribution in [0.1, 0.15) is 30.1 Å².